The van der Waals surface area contributed by atoms with E-state index in [0.717, 1.165) is 10.9 Å². The van der Waals surface area contributed by atoms with E-state index in [2.05, 4.69) is 22.6 Å². The Morgan fingerprint density at radius 1 is 1.24 bits per heavy atom. The minimum absolute atomic E-state index is 0.547. The number of fused-ring (bicyclic) bond motifs is 1. The normalized spacial score (nSPS) is 10.9. The fraction of sp³-hybridized carbons (Fsp3) is 0.308. The number of rotatable bonds is 6. The van der Waals surface area contributed by atoms with Crippen molar-refractivity contribution >= 4 is 10.9 Å². The second-order valence-electron chi connectivity index (χ2n) is 3.69. The van der Waals surface area contributed by atoms with Crippen LogP contribution in [0.15, 0.2) is 36.5 Å². The summed E-state index contributed by atoms with van der Waals surface area (Å²) in [6.45, 7) is 1.81. The molecule has 0 radical (unpaired) electrons. The van der Waals surface area contributed by atoms with Crippen LogP contribution in [-0.4, -0.2) is 25.3 Å². The topological polar surface area (TPSA) is 43.4 Å². The molecule has 0 amide bonds. The predicted molar refractivity (Wildman–Crippen MR) is 66.4 cm³/mol. The quantitative estimate of drug-likeness (QED) is 0.610. The molecule has 0 aliphatic carbocycles. The van der Waals surface area contributed by atoms with Crippen molar-refractivity contribution in [1.29, 1.82) is 0 Å². The minimum Gasteiger partial charge on any atom is -0.382 e. The lowest BCUT2D eigenvalue weighted by molar-refractivity contribution is 0.00348. The Morgan fingerprint density at radius 3 is 3.06 bits per heavy atom. The Kier molecular flexibility index (Phi) is 4.44. The summed E-state index contributed by atoms with van der Waals surface area (Å²) in [6, 6.07) is 10.2. The SMILES string of the molecule is COCCONCc1ccc2ncccc2c1. The van der Waals surface area contributed by atoms with E-state index in [4.69, 9.17) is 9.57 Å². The molecule has 0 aliphatic rings. The highest BCUT2D eigenvalue weighted by molar-refractivity contribution is 5.78. The van der Waals surface area contributed by atoms with Crippen molar-refractivity contribution in [2.45, 2.75) is 6.54 Å². The Hall–Kier alpha value is -1.49. The zero-order valence-electron chi connectivity index (χ0n) is 9.85. The maximum absolute atomic E-state index is 5.20. The summed E-state index contributed by atoms with van der Waals surface area (Å²) >= 11 is 0. The van der Waals surface area contributed by atoms with Crippen molar-refractivity contribution in [3.63, 3.8) is 0 Å². The first-order valence-corrected chi connectivity index (χ1v) is 5.57. The van der Waals surface area contributed by atoms with Crippen molar-refractivity contribution in [3.8, 4) is 0 Å². The van der Waals surface area contributed by atoms with Gasteiger partial charge in [-0.05, 0) is 23.8 Å². The Labute approximate surface area is 101 Å². The highest BCUT2D eigenvalue weighted by Crippen LogP contribution is 2.12. The molecule has 0 unspecified atom stereocenters. The molecule has 0 atom stereocenters. The second-order valence-corrected chi connectivity index (χ2v) is 3.69. The van der Waals surface area contributed by atoms with E-state index in [1.165, 1.54) is 5.56 Å². The molecule has 0 saturated heterocycles. The molecular weight excluding hydrogens is 216 g/mol. The molecule has 1 aromatic carbocycles. The first-order chi connectivity index (χ1) is 8.40. The molecule has 1 aromatic heterocycles. The van der Waals surface area contributed by atoms with Crippen LogP contribution >= 0.6 is 0 Å². The van der Waals surface area contributed by atoms with Gasteiger partial charge in [-0.1, -0.05) is 12.1 Å². The molecule has 90 valence electrons. The summed E-state index contributed by atoms with van der Waals surface area (Å²) in [7, 11) is 1.65. The summed E-state index contributed by atoms with van der Waals surface area (Å²) in [6.07, 6.45) is 1.80. The van der Waals surface area contributed by atoms with Crippen LogP contribution in [0.2, 0.25) is 0 Å². The Balaban J connectivity index is 1.90. The van der Waals surface area contributed by atoms with Gasteiger partial charge in [0.05, 0.1) is 18.7 Å². The van der Waals surface area contributed by atoms with Crippen LogP contribution in [0.5, 0.6) is 0 Å². The molecule has 4 nitrogen and oxygen atoms in total. The fourth-order valence-corrected chi connectivity index (χ4v) is 1.57. The molecule has 2 rings (SSSR count). The van der Waals surface area contributed by atoms with Gasteiger partial charge in [-0.15, -0.1) is 0 Å². The van der Waals surface area contributed by atoms with Crippen molar-refractivity contribution in [2.75, 3.05) is 20.3 Å². The van der Waals surface area contributed by atoms with Crippen LogP contribution < -0.4 is 5.48 Å². The number of hydroxylamine groups is 1. The largest absolute Gasteiger partial charge is 0.382 e. The van der Waals surface area contributed by atoms with E-state index in [-0.39, 0.29) is 0 Å². The molecule has 0 aliphatic heterocycles. The van der Waals surface area contributed by atoms with Crippen molar-refractivity contribution in [2.24, 2.45) is 0 Å². The summed E-state index contributed by atoms with van der Waals surface area (Å²) < 4.78 is 4.88. The third kappa shape index (κ3) is 3.49. The van der Waals surface area contributed by atoms with Gasteiger partial charge in [0, 0.05) is 25.2 Å². The van der Waals surface area contributed by atoms with Crippen molar-refractivity contribution in [3.05, 3.63) is 42.1 Å². The van der Waals surface area contributed by atoms with Gasteiger partial charge in [-0.25, -0.2) is 0 Å². The van der Waals surface area contributed by atoms with E-state index >= 15 is 0 Å². The van der Waals surface area contributed by atoms with Gasteiger partial charge in [-0.2, -0.15) is 5.48 Å². The average molecular weight is 232 g/mol. The van der Waals surface area contributed by atoms with Crippen LogP contribution in [0, 0.1) is 0 Å². The molecule has 0 saturated carbocycles. The van der Waals surface area contributed by atoms with Gasteiger partial charge < -0.3 is 4.74 Å². The lowest BCUT2D eigenvalue weighted by atomic mass is 10.1. The molecule has 1 N–H and O–H groups in total. The molecule has 0 fully saturated rings. The summed E-state index contributed by atoms with van der Waals surface area (Å²) in [4.78, 5) is 9.47. The summed E-state index contributed by atoms with van der Waals surface area (Å²) in [5, 5.41) is 1.14. The summed E-state index contributed by atoms with van der Waals surface area (Å²) in [5.41, 5.74) is 5.08. The Bertz CT molecular complexity index is 474. The molecule has 2 aromatic rings. The zero-order valence-corrected chi connectivity index (χ0v) is 9.85. The van der Waals surface area contributed by atoms with Crippen molar-refractivity contribution in [1.82, 2.24) is 10.5 Å². The predicted octanol–water partition coefficient (Wildman–Crippen LogP) is 1.90. The van der Waals surface area contributed by atoms with Gasteiger partial charge >= 0.3 is 0 Å². The summed E-state index contributed by atoms with van der Waals surface area (Å²) in [5.74, 6) is 0. The van der Waals surface area contributed by atoms with Gasteiger partial charge in [-0.3, -0.25) is 9.82 Å². The molecule has 0 bridgehead atoms. The third-order valence-electron chi connectivity index (χ3n) is 2.44. The van der Waals surface area contributed by atoms with E-state index < -0.39 is 0 Å². The number of pyridine rings is 1. The number of ether oxygens (including phenoxy) is 1. The zero-order chi connectivity index (χ0) is 11.9. The smallest absolute Gasteiger partial charge is 0.0916 e. The number of benzene rings is 1. The third-order valence-corrected chi connectivity index (χ3v) is 2.44. The van der Waals surface area contributed by atoms with E-state index in [9.17, 15) is 0 Å². The van der Waals surface area contributed by atoms with Crippen LogP contribution in [0.1, 0.15) is 5.56 Å². The molecule has 17 heavy (non-hydrogen) atoms. The second kappa shape index (κ2) is 6.30. The molecule has 4 heteroatoms. The standard InChI is InChI=1S/C13H16N2O2/c1-16-7-8-17-15-10-11-4-5-13-12(9-11)3-2-6-14-13/h2-6,9,15H,7-8,10H2,1H3. The van der Waals surface area contributed by atoms with Crippen LogP contribution in [0.3, 0.4) is 0 Å². The molecular formula is C13H16N2O2. The molecule has 1 heterocycles. The van der Waals surface area contributed by atoms with Crippen LogP contribution in [0.4, 0.5) is 0 Å². The number of aromatic nitrogens is 1. The highest BCUT2D eigenvalue weighted by atomic mass is 16.7. The maximum atomic E-state index is 5.20. The lowest BCUT2D eigenvalue weighted by Crippen LogP contribution is -2.17. The number of nitrogens with zero attached hydrogens (tertiary/aromatic N) is 1. The fourth-order valence-electron chi connectivity index (χ4n) is 1.57. The number of nitrogens with one attached hydrogen (secondary N) is 1. The number of hydrogen-bond acceptors (Lipinski definition) is 4. The van der Waals surface area contributed by atoms with Gasteiger partial charge in [0.15, 0.2) is 0 Å². The highest BCUT2D eigenvalue weighted by Gasteiger charge is 1.96. The lowest BCUT2D eigenvalue weighted by Gasteiger charge is -2.06. The van der Waals surface area contributed by atoms with Crippen LogP contribution in [-0.2, 0) is 16.1 Å². The first-order valence-electron chi connectivity index (χ1n) is 5.57. The monoisotopic (exact) mass is 232 g/mol. The van der Waals surface area contributed by atoms with Crippen LogP contribution in [0.25, 0.3) is 10.9 Å². The number of hydrogen-bond donors (Lipinski definition) is 1. The number of methoxy groups -OCH3 is 1. The van der Waals surface area contributed by atoms with E-state index in [1.54, 1.807) is 13.3 Å². The minimum atomic E-state index is 0.547. The van der Waals surface area contributed by atoms with Gasteiger partial charge in [0.25, 0.3) is 0 Å². The molecule has 0 spiro atoms. The first kappa shape index (κ1) is 12.0. The van der Waals surface area contributed by atoms with Crippen molar-refractivity contribution < 1.29 is 9.57 Å². The van der Waals surface area contributed by atoms with Gasteiger partial charge in [0.2, 0.25) is 0 Å². The Morgan fingerprint density at radius 2 is 2.18 bits per heavy atom. The van der Waals surface area contributed by atoms with E-state index in [1.807, 2.05) is 18.2 Å². The average Bonchev–Trinajstić information content (AvgIpc) is 2.38. The van der Waals surface area contributed by atoms with Gasteiger partial charge in [0.1, 0.15) is 0 Å². The van der Waals surface area contributed by atoms with E-state index in [0.29, 0.717) is 19.8 Å². The maximum Gasteiger partial charge on any atom is 0.0916 e.